The molecule has 106 valence electrons. The molecule has 0 aliphatic carbocycles. The largest absolute Gasteiger partial charge is 0.505 e. The number of phenols is 1. The highest BCUT2D eigenvalue weighted by Gasteiger charge is 2.09. The third-order valence-corrected chi connectivity index (χ3v) is 2.78. The lowest BCUT2D eigenvalue weighted by Gasteiger charge is -2.13. The zero-order valence-corrected chi connectivity index (χ0v) is 11.0. The quantitative estimate of drug-likeness (QED) is 0.877. The molecule has 2 N–H and O–H groups in total. The lowest BCUT2D eigenvalue weighted by molar-refractivity contribution is 0.339. The first-order valence-electron chi connectivity index (χ1n) is 6.24. The van der Waals surface area contributed by atoms with Gasteiger partial charge < -0.3 is 15.2 Å². The summed E-state index contributed by atoms with van der Waals surface area (Å²) in [6.07, 6.45) is 0. The van der Waals surface area contributed by atoms with Crippen molar-refractivity contribution < 1.29 is 18.6 Å². The number of hydrogen-bond acceptors (Lipinski definition) is 3. The van der Waals surface area contributed by atoms with Crippen molar-refractivity contribution in [2.75, 3.05) is 11.9 Å². The summed E-state index contributed by atoms with van der Waals surface area (Å²) in [7, 11) is 0. The van der Waals surface area contributed by atoms with Gasteiger partial charge in [-0.1, -0.05) is 12.1 Å². The molecule has 0 saturated heterocycles. The first-order chi connectivity index (χ1) is 9.61. The number of benzene rings is 2. The molecule has 0 fully saturated rings. The summed E-state index contributed by atoms with van der Waals surface area (Å²) in [5.41, 5.74) is 0.994. The van der Waals surface area contributed by atoms with Crippen LogP contribution in [0.15, 0.2) is 36.4 Å². The molecule has 0 saturated carbocycles. The van der Waals surface area contributed by atoms with E-state index in [2.05, 4.69) is 5.32 Å². The maximum absolute atomic E-state index is 13.2. The molecule has 0 spiro atoms. The zero-order valence-electron chi connectivity index (χ0n) is 11.0. The van der Waals surface area contributed by atoms with E-state index in [1.165, 1.54) is 30.3 Å². The second kappa shape index (κ2) is 6.23. The fourth-order valence-electron chi connectivity index (χ4n) is 1.81. The number of anilines is 1. The smallest absolute Gasteiger partial charge is 0.165 e. The summed E-state index contributed by atoms with van der Waals surface area (Å²) < 4.78 is 31.7. The van der Waals surface area contributed by atoms with Gasteiger partial charge in [-0.2, -0.15) is 0 Å². The third kappa shape index (κ3) is 3.17. The lowest BCUT2D eigenvalue weighted by Crippen LogP contribution is -2.03. The number of nitrogens with one attached hydrogen (secondary N) is 1. The van der Waals surface area contributed by atoms with Crippen molar-refractivity contribution in [3.8, 4) is 11.5 Å². The number of para-hydroxylation sites is 1. The van der Waals surface area contributed by atoms with Crippen molar-refractivity contribution in [2.24, 2.45) is 0 Å². The molecule has 0 aliphatic heterocycles. The van der Waals surface area contributed by atoms with E-state index < -0.39 is 11.6 Å². The van der Waals surface area contributed by atoms with Gasteiger partial charge in [0.25, 0.3) is 0 Å². The normalized spacial score (nSPS) is 10.3. The van der Waals surface area contributed by atoms with Crippen molar-refractivity contribution in [3.05, 3.63) is 53.6 Å². The molecule has 5 heteroatoms. The first-order valence-corrected chi connectivity index (χ1v) is 6.24. The van der Waals surface area contributed by atoms with Crippen molar-refractivity contribution in [2.45, 2.75) is 13.5 Å². The molecule has 0 aromatic heterocycles. The van der Waals surface area contributed by atoms with Gasteiger partial charge >= 0.3 is 0 Å². The Labute approximate surface area is 115 Å². The van der Waals surface area contributed by atoms with E-state index in [1.54, 1.807) is 13.0 Å². The molecule has 2 aromatic rings. The molecule has 0 heterocycles. The minimum absolute atomic E-state index is 0.204. The predicted molar refractivity (Wildman–Crippen MR) is 73.0 cm³/mol. The molecule has 0 radical (unpaired) electrons. The Balaban J connectivity index is 2.16. The second-order valence-electron chi connectivity index (χ2n) is 4.17. The van der Waals surface area contributed by atoms with Crippen LogP contribution in [0.1, 0.15) is 12.5 Å². The topological polar surface area (TPSA) is 41.5 Å². The molecule has 0 bridgehead atoms. The van der Waals surface area contributed by atoms with E-state index in [1.807, 2.05) is 0 Å². The molecular weight excluding hydrogens is 264 g/mol. The Morgan fingerprint density at radius 2 is 2.00 bits per heavy atom. The van der Waals surface area contributed by atoms with E-state index in [-0.39, 0.29) is 12.3 Å². The fraction of sp³-hybridized carbons (Fsp3) is 0.200. The van der Waals surface area contributed by atoms with Crippen LogP contribution in [0.4, 0.5) is 14.5 Å². The number of halogens is 2. The van der Waals surface area contributed by atoms with Gasteiger partial charge in [0.1, 0.15) is 11.6 Å². The SMILES string of the molecule is CCOc1cc(F)ccc1NCc1cccc(F)c1O. The van der Waals surface area contributed by atoms with E-state index in [0.29, 0.717) is 23.6 Å². The number of aromatic hydroxyl groups is 1. The standard InChI is InChI=1S/C15H15F2NO2/c1-2-20-14-8-11(16)6-7-13(14)18-9-10-4-3-5-12(17)15(10)19/h3-8,18-19H,2,9H2,1H3. The summed E-state index contributed by atoms with van der Waals surface area (Å²) in [6.45, 7) is 2.41. The molecule has 0 amide bonds. The number of hydrogen-bond donors (Lipinski definition) is 2. The molecule has 0 aliphatic rings. The van der Waals surface area contributed by atoms with Gasteiger partial charge in [0, 0.05) is 18.2 Å². The van der Waals surface area contributed by atoms with Gasteiger partial charge in [0.2, 0.25) is 0 Å². The second-order valence-corrected chi connectivity index (χ2v) is 4.17. The Morgan fingerprint density at radius 1 is 1.20 bits per heavy atom. The van der Waals surface area contributed by atoms with E-state index in [4.69, 9.17) is 4.74 Å². The van der Waals surface area contributed by atoms with Gasteiger partial charge in [-0.15, -0.1) is 0 Å². The zero-order chi connectivity index (χ0) is 14.5. The maximum Gasteiger partial charge on any atom is 0.165 e. The van der Waals surface area contributed by atoms with E-state index in [9.17, 15) is 13.9 Å². The van der Waals surface area contributed by atoms with Gasteiger partial charge in [0.15, 0.2) is 11.6 Å². The summed E-state index contributed by atoms with van der Waals surface area (Å²) in [6, 6.07) is 8.42. The van der Waals surface area contributed by atoms with Crippen LogP contribution in [-0.4, -0.2) is 11.7 Å². The third-order valence-electron chi connectivity index (χ3n) is 2.78. The number of rotatable bonds is 5. The molecular formula is C15H15F2NO2. The van der Waals surface area contributed by atoms with Crippen LogP contribution >= 0.6 is 0 Å². The van der Waals surface area contributed by atoms with Gasteiger partial charge in [-0.05, 0) is 25.1 Å². The van der Waals surface area contributed by atoms with Crippen LogP contribution in [0.3, 0.4) is 0 Å². The molecule has 3 nitrogen and oxygen atoms in total. The highest BCUT2D eigenvalue weighted by molar-refractivity contribution is 5.57. The van der Waals surface area contributed by atoms with Crippen LogP contribution in [-0.2, 0) is 6.54 Å². The Morgan fingerprint density at radius 3 is 2.75 bits per heavy atom. The summed E-state index contributed by atoms with van der Waals surface area (Å²) in [4.78, 5) is 0. The van der Waals surface area contributed by atoms with Crippen LogP contribution in [0.5, 0.6) is 11.5 Å². The van der Waals surface area contributed by atoms with Crippen LogP contribution in [0.25, 0.3) is 0 Å². The average molecular weight is 279 g/mol. The number of ether oxygens (including phenoxy) is 1. The minimum atomic E-state index is -0.673. The molecule has 0 atom stereocenters. The van der Waals surface area contributed by atoms with Crippen molar-refractivity contribution in [1.29, 1.82) is 0 Å². The van der Waals surface area contributed by atoms with Gasteiger partial charge in [-0.25, -0.2) is 8.78 Å². The van der Waals surface area contributed by atoms with E-state index >= 15 is 0 Å². The molecule has 2 aromatic carbocycles. The highest BCUT2D eigenvalue weighted by atomic mass is 19.1. The summed E-state index contributed by atoms with van der Waals surface area (Å²) >= 11 is 0. The Kier molecular flexibility index (Phi) is 4.40. The Hall–Kier alpha value is -2.30. The van der Waals surface area contributed by atoms with Crippen LogP contribution in [0, 0.1) is 11.6 Å². The van der Waals surface area contributed by atoms with Gasteiger partial charge in [-0.3, -0.25) is 0 Å². The van der Waals surface area contributed by atoms with Gasteiger partial charge in [0.05, 0.1) is 12.3 Å². The minimum Gasteiger partial charge on any atom is -0.505 e. The lowest BCUT2D eigenvalue weighted by atomic mass is 10.2. The van der Waals surface area contributed by atoms with Crippen LogP contribution < -0.4 is 10.1 Å². The van der Waals surface area contributed by atoms with Crippen LogP contribution in [0.2, 0.25) is 0 Å². The predicted octanol–water partition coefficient (Wildman–Crippen LogP) is 3.68. The van der Waals surface area contributed by atoms with Crippen molar-refractivity contribution in [3.63, 3.8) is 0 Å². The van der Waals surface area contributed by atoms with E-state index in [0.717, 1.165) is 0 Å². The first kappa shape index (κ1) is 14.1. The summed E-state index contributed by atoms with van der Waals surface area (Å²) in [5.74, 6) is -1.08. The maximum atomic E-state index is 13.2. The molecule has 2 rings (SSSR count). The van der Waals surface area contributed by atoms with Crippen molar-refractivity contribution >= 4 is 5.69 Å². The average Bonchev–Trinajstić information content (AvgIpc) is 2.42. The fourth-order valence-corrected chi connectivity index (χ4v) is 1.81. The summed E-state index contributed by atoms with van der Waals surface area (Å²) in [5, 5.41) is 12.6. The Bertz CT molecular complexity index is 602. The van der Waals surface area contributed by atoms with Crippen molar-refractivity contribution in [1.82, 2.24) is 0 Å². The number of phenolic OH excluding ortho intramolecular Hbond substituents is 1. The monoisotopic (exact) mass is 279 g/mol. The molecule has 0 unspecified atom stereocenters. The molecule has 20 heavy (non-hydrogen) atoms. The highest BCUT2D eigenvalue weighted by Crippen LogP contribution is 2.27.